The second kappa shape index (κ2) is 7.53. The second-order valence-electron chi connectivity index (χ2n) is 8.53. The number of hydrogen-bond acceptors (Lipinski definition) is 2. The van der Waals surface area contributed by atoms with Gasteiger partial charge in [0, 0.05) is 0 Å². The molecule has 0 aromatic carbocycles. The molecule has 2 aliphatic rings. The lowest BCUT2D eigenvalue weighted by atomic mass is 9.60. The van der Waals surface area contributed by atoms with Gasteiger partial charge in [-0.3, -0.25) is 0 Å². The maximum absolute atomic E-state index is 10.3. The zero-order chi connectivity index (χ0) is 17.2. The van der Waals surface area contributed by atoms with Crippen molar-refractivity contribution in [2.24, 2.45) is 35.0 Å². The van der Waals surface area contributed by atoms with Crippen LogP contribution in [0.5, 0.6) is 0 Å². The van der Waals surface area contributed by atoms with Gasteiger partial charge >= 0.3 is 0 Å². The zero-order valence-corrected chi connectivity index (χ0v) is 15.6. The Hall–Kier alpha value is -0.600. The molecule has 2 aliphatic carbocycles. The summed E-state index contributed by atoms with van der Waals surface area (Å²) in [5.74, 6) is 3.02. The minimum Gasteiger partial charge on any atom is -0.392 e. The highest BCUT2D eigenvalue weighted by molar-refractivity contribution is 5.23. The van der Waals surface area contributed by atoms with Gasteiger partial charge in [0.25, 0.3) is 0 Å². The van der Waals surface area contributed by atoms with Crippen molar-refractivity contribution in [1.82, 2.24) is 0 Å². The van der Waals surface area contributed by atoms with E-state index in [1.54, 1.807) is 0 Å². The van der Waals surface area contributed by atoms with Crippen molar-refractivity contribution in [1.29, 1.82) is 0 Å². The molecule has 0 radical (unpaired) electrons. The first-order chi connectivity index (χ1) is 10.8. The smallest absolute Gasteiger partial charge is 0.0754 e. The fourth-order valence-electron chi connectivity index (χ4n) is 4.97. The molecule has 0 spiro atoms. The van der Waals surface area contributed by atoms with E-state index < -0.39 is 0 Å². The summed E-state index contributed by atoms with van der Waals surface area (Å²) in [5, 5.41) is 19.6. The van der Waals surface area contributed by atoms with Gasteiger partial charge in [-0.15, -0.1) is 0 Å². The van der Waals surface area contributed by atoms with E-state index in [0.29, 0.717) is 29.6 Å². The van der Waals surface area contributed by atoms with Crippen LogP contribution in [0, 0.1) is 35.0 Å². The predicted octanol–water partition coefficient (Wildman–Crippen LogP) is 4.58. The van der Waals surface area contributed by atoms with E-state index in [1.807, 2.05) is 6.08 Å². The fraction of sp³-hybridized carbons (Fsp3) is 0.810. The van der Waals surface area contributed by atoms with Gasteiger partial charge in [0.15, 0.2) is 0 Å². The summed E-state index contributed by atoms with van der Waals surface area (Å²) >= 11 is 0. The molecule has 0 saturated heterocycles. The Bertz CT molecular complexity index is 451. The molecule has 2 N–H and O–H groups in total. The quantitative estimate of drug-likeness (QED) is 0.728. The van der Waals surface area contributed by atoms with Crippen molar-refractivity contribution in [3.63, 3.8) is 0 Å². The van der Waals surface area contributed by atoms with Gasteiger partial charge in [-0.05, 0) is 66.3 Å². The molecule has 2 fully saturated rings. The molecule has 2 nitrogen and oxygen atoms in total. The molecule has 0 aliphatic heterocycles. The average Bonchev–Trinajstić information content (AvgIpc) is 2.85. The lowest BCUT2D eigenvalue weighted by Crippen LogP contribution is -2.40. The van der Waals surface area contributed by atoms with Crippen molar-refractivity contribution < 1.29 is 10.2 Å². The summed E-state index contributed by atoms with van der Waals surface area (Å²) in [6.45, 7) is 11.7. The second-order valence-corrected chi connectivity index (χ2v) is 8.53. The van der Waals surface area contributed by atoms with Crippen LogP contribution in [-0.2, 0) is 0 Å². The highest BCUT2D eigenvalue weighted by Gasteiger charge is 2.52. The van der Waals surface area contributed by atoms with Crippen LogP contribution in [0.15, 0.2) is 23.8 Å². The number of allylic oxidation sites excluding steroid dienone is 2. The fourth-order valence-corrected chi connectivity index (χ4v) is 4.97. The van der Waals surface area contributed by atoms with Crippen LogP contribution in [0.2, 0.25) is 0 Å². The molecule has 2 heteroatoms. The van der Waals surface area contributed by atoms with E-state index in [1.165, 1.54) is 6.42 Å². The first-order valence-corrected chi connectivity index (χ1v) is 9.48. The number of hydrogen-bond donors (Lipinski definition) is 2. The Morgan fingerprint density at radius 2 is 1.83 bits per heavy atom. The minimum atomic E-state index is -0.342. The summed E-state index contributed by atoms with van der Waals surface area (Å²) in [7, 11) is 0. The van der Waals surface area contributed by atoms with E-state index in [-0.39, 0.29) is 18.1 Å². The molecule has 23 heavy (non-hydrogen) atoms. The molecule has 132 valence electrons. The van der Waals surface area contributed by atoms with Crippen LogP contribution in [-0.4, -0.2) is 22.9 Å². The van der Waals surface area contributed by atoms with E-state index in [9.17, 15) is 10.2 Å². The molecular formula is C21H36O2. The minimum absolute atomic E-state index is 0.0466. The molecule has 2 rings (SSSR count). The summed E-state index contributed by atoms with van der Waals surface area (Å²) in [6, 6.07) is 0. The molecule has 0 bridgehead atoms. The Morgan fingerprint density at radius 1 is 1.13 bits per heavy atom. The van der Waals surface area contributed by atoms with Gasteiger partial charge in [0.05, 0.1) is 12.7 Å². The molecule has 0 heterocycles. The maximum atomic E-state index is 10.3. The van der Waals surface area contributed by atoms with Crippen molar-refractivity contribution >= 4 is 0 Å². The molecule has 2 saturated carbocycles. The van der Waals surface area contributed by atoms with Gasteiger partial charge in [-0.1, -0.05) is 52.8 Å². The number of aliphatic hydroxyl groups is 2. The molecular weight excluding hydrogens is 284 g/mol. The standard InChI is InChI=1S/C21H36O2/c1-14(2)15(3)6-7-16(4)18-8-9-19-17(11-13-22)20(23)10-12-21(18,19)5/h6-7,11,14-16,18-20,22-23H,8-10,12-13H2,1-5H3/b7-6+,17-11-/t15-,16+,18+,19?,20+,21+/m0/s1. The van der Waals surface area contributed by atoms with Crippen molar-refractivity contribution in [3.8, 4) is 0 Å². The zero-order valence-electron chi connectivity index (χ0n) is 15.6. The predicted molar refractivity (Wildman–Crippen MR) is 97.0 cm³/mol. The van der Waals surface area contributed by atoms with Gasteiger partial charge in [0.1, 0.15) is 0 Å². The topological polar surface area (TPSA) is 40.5 Å². The van der Waals surface area contributed by atoms with Crippen molar-refractivity contribution in [2.45, 2.75) is 66.4 Å². The molecule has 0 amide bonds. The Balaban J connectivity index is 2.15. The first-order valence-electron chi connectivity index (χ1n) is 9.48. The third-order valence-corrected chi connectivity index (χ3v) is 6.88. The van der Waals surface area contributed by atoms with E-state index in [0.717, 1.165) is 24.8 Å². The number of aliphatic hydroxyl groups excluding tert-OH is 2. The number of rotatable bonds is 5. The van der Waals surface area contributed by atoms with Gasteiger partial charge in [-0.25, -0.2) is 0 Å². The van der Waals surface area contributed by atoms with Crippen LogP contribution >= 0.6 is 0 Å². The summed E-state index contributed by atoms with van der Waals surface area (Å²) in [4.78, 5) is 0. The monoisotopic (exact) mass is 320 g/mol. The highest BCUT2D eigenvalue weighted by atomic mass is 16.3. The Kier molecular flexibility index (Phi) is 6.13. The van der Waals surface area contributed by atoms with Gasteiger partial charge in [0.2, 0.25) is 0 Å². The van der Waals surface area contributed by atoms with Gasteiger partial charge < -0.3 is 10.2 Å². The first kappa shape index (κ1) is 18.7. The normalized spacial score (nSPS) is 39.1. The van der Waals surface area contributed by atoms with Crippen molar-refractivity contribution in [3.05, 3.63) is 23.8 Å². The largest absolute Gasteiger partial charge is 0.392 e. The highest BCUT2D eigenvalue weighted by Crippen LogP contribution is 2.59. The Morgan fingerprint density at radius 3 is 2.43 bits per heavy atom. The Labute approximate surface area is 142 Å². The lowest BCUT2D eigenvalue weighted by Gasteiger charge is -2.45. The molecule has 1 unspecified atom stereocenters. The van der Waals surface area contributed by atoms with Crippen LogP contribution in [0.25, 0.3) is 0 Å². The SMILES string of the molecule is CC(C)[C@@H](C)/C=C/[C@@H](C)[C@H]1CCC2/C(=C/CO)[C@H](O)CC[C@@]21C. The number of fused-ring (bicyclic) bond motifs is 1. The summed E-state index contributed by atoms with van der Waals surface area (Å²) in [6.07, 6.45) is 10.7. The van der Waals surface area contributed by atoms with E-state index >= 15 is 0 Å². The van der Waals surface area contributed by atoms with Crippen LogP contribution < -0.4 is 0 Å². The van der Waals surface area contributed by atoms with Crippen molar-refractivity contribution in [2.75, 3.05) is 6.61 Å². The van der Waals surface area contributed by atoms with Crippen LogP contribution in [0.4, 0.5) is 0 Å². The van der Waals surface area contributed by atoms with Crippen LogP contribution in [0.1, 0.15) is 60.3 Å². The van der Waals surface area contributed by atoms with E-state index in [2.05, 4.69) is 46.8 Å². The molecule has 0 aromatic heterocycles. The van der Waals surface area contributed by atoms with Crippen LogP contribution in [0.3, 0.4) is 0 Å². The summed E-state index contributed by atoms with van der Waals surface area (Å²) < 4.78 is 0. The average molecular weight is 321 g/mol. The van der Waals surface area contributed by atoms with Gasteiger partial charge in [-0.2, -0.15) is 0 Å². The molecule has 0 aromatic rings. The summed E-state index contributed by atoms with van der Waals surface area (Å²) in [5.41, 5.74) is 1.38. The van der Waals surface area contributed by atoms with E-state index in [4.69, 9.17) is 0 Å². The third-order valence-electron chi connectivity index (χ3n) is 6.88. The lowest BCUT2D eigenvalue weighted by molar-refractivity contribution is 0.0527. The molecule has 6 atom stereocenters. The maximum Gasteiger partial charge on any atom is 0.0754 e. The third kappa shape index (κ3) is 3.74.